The van der Waals surface area contributed by atoms with Crippen molar-refractivity contribution in [3.05, 3.63) is 0 Å². The molecule has 0 heterocycles. The van der Waals surface area contributed by atoms with Crippen LogP contribution in [0.15, 0.2) is 0 Å². The highest BCUT2D eigenvalue weighted by Crippen LogP contribution is 2.31. The van der Waals surface area contributed by atoms with E-state index >= 15 is 0 Å². The van der Waals surface area contributed by atoms with Crippen LogP contribution in [0.2, 0.25) is 0 Å². The van der Waals surface area contributed by atoms with Gasteiger partial charge < -0.3 is 15.2 Å². The van der Waals surface area contributed by atoms with Crippen LogP contribution in [0, 0.1) is 17.2 Å². The van der Waals surface area contributed by atoms with Gasteiger partial charge in [0.05, 0.1) is 12.1 Å². The smallest absolute Gasteiger partial charge is 0.407 e. The van der Waals surface area contributed by atoms with Gasteiger partial charge in [0.15, 0.2) is 6.10 Å². The Morgan fingerprint density at radius 2 is 2.17 bits per heavy atom. The summed E-state index contributed by atoms with van der Waals surface area (Å²) in [5, 5.41) is 21.0. The molecule has 1 saturated carbocycles. The van der Waals surface area contributed by atoms with E-state index < -0.39 is 23.8 Å². The number of carbonyl (C=O) groups excluding carboxylic acids is 1. The van der Waals surface area contributed by atoms with Crippen LogP contribution in [-0.4, -0.2) is 28.9 Å². The molecule has 1 fully saturated rings. The van der Waals surface area contributed by atoms with Gasteiger partial charge in [-0.15, -0.1) is 0 Å². The third-order valence-corrected chi connectivity index (χ3v) is 3.03. The zero-order valence-electron chi connectivity index (χ0n) is 11.3. The van der Waals surface area contributed by atoms with Crippen molar-refractivity contribution in [3.63, 3.8) is 0 Å². The number of aliphatic hydroxyl groups excluding tert-OH is 1. The molecule has 18 heavy (non-hydrogen) atoms. The fraction of sp³-hybridized carbons (Fsp3) is 0.846. The standard InChI is InChI=1S/C13H22N2O3/c1-13(2,3)18-12(17)15-10(11(16)8-14)7-9-5-4-6-9/h9-11,16H,4-7H2,1-3H3,(H,15,17)/t10-,11+/m1/s1. The fourth-order valence-electron chi connectivity index (χ4n) is 1.90. The van der Waals surface area contributed by atoms with Gasteiger partial charge in [-0.25, -0.2) is 4.79 Å². The van der Waals surface area contributed by atoms with Crippen LogP contribution in [0.5, 0.6) is 0 Å². The van der Waals surface area contributed by atoms with Gasteiger partial charge >= 0.3 is 6.09 Å². The first-order valence-corrected chi connectivity index (χ1v) is 6.39. The number of hydrogen-bond donors (Lipinski definition) is 2. The molecule has 0 saturated heterocycles. The molecule has 2 atom stereocenters. The van der Waals surface area contributed by atoms with Crippen LogP contribution >= 0.6 is 0 Å². The zero-order valence-corrected chi connectivity index (χ0v) is 11.3. The van der Waals surface area contributed by atoms with E-state index in [9.17, 15) is 9.90 Å². The van der Waals surface area contributed by atoms with E-state index in [0.29, 0.717) is 12.3 Å². The summed E-state index contributed by atoms with van der Waals surface area (Å²) in [4.78, 5) is 11.6. The number of hydrogen-bond acceptors (Lipinski definition) is 4. The molecular weight excluding hydrogens is 232 g/mol. The Morgan fingerprint density at radius 3 is 2.56 bits per heavy atom. The summed E-state index contributed by atoms with van der Waals surface area (Å²) in [6.45, 7) is 5.32. The predicted octanol–water partition coefficient (Wildman–Crippen LogP) is 1.95. The van der Waals surface area contributed by atoms with Crippen LogP contribution in [0.1, 0.15) is 46.5 Å². The fourth-order valence-corrected chi connectivity index (χ4v) is 1.90. The molecule has 5 heteroatoms. The van der Waals surface area contributed by atoms with Crippen LogP contribution in [-0.2, 0) is 4.74 Å². The number of nitrogens with zero attached hydrogens (tertiary/aromatic N) is 1. The van der Waals surface area contributed by atoms with Crippen LogP contribution in [0.3, 0.4) is 0 Å². The summed E-state index contributed by atoms with van der Waals surface area (Å²) in [6.07, 6.45) is 2.26. The topological polar surface area (TPSA) is 82.3 Å². The first-order chi connectivity index (χ1) is 8.31. The van der Waals surface area contributed by atoms with Crippen LogP contribution < -0.4 is 5.32 Å². The minimum Gasteiger partial charge on any atom is -0.444 e. The summed E-state index contributed by atoms with van der Waals surface area (Å²) in [6, 6.07) is 1.23. The minimum atomic E-state index is -1.18. The van der Waals surface area contributed by atoms with E-state index in [2.05, 4.69) is 5.32 Å². The average molecular weight is 254 g/mol. The maximum absolute atomic E-state index is 11.6. The van der Waals surface area contributed by atoms with E-state index in [-0.39, 0.29) is 0 Å². The van der Waals surface area contributed by atoms with Gasteiger partial charge in [0.1, 0.15) is 5.60 Å². The van der Waals surface area contributed by atoms with Gasteiger partial charge in [-0.1, -0.05) is 19.3 Å². The van der Waals surface area contributed by atoms with Gasteiger partial charge in [0.25, 0.3) is 0 Å². The highest BCUT2D eigenvalue weighted by Gasteiger charge is 2.29. The lowest BCUT2D eigenvalue weighted by Crippen LogP contribution is -2.46. The average Bonchev–Trinajstić information content (AvgIpc) is 2.17. The van der Waals surface area contributed by atoms with Crippen LogP contribution in [0.4, 0.5) is 4.79 Å². The number of ether oxygens (including phenoxy) is 1. The van der Waals surface area contributed by atoms with Gasteiger partial charge in [-0.2, -0.15) is 5.26 Å². The number of aliphatic hydroxyl groups is 1. The number of nitriles is 1. The van der Waals surface area contributed by atoms with E-state index in [1.165, 1.54) is 6.42 Å². The second kappa shape index (κ2) is 6.05. The second-order valence-electron chi connectivity index (χ2n) is 5.86. The summed E-state index contributed by atoms with van der Waals surface area (Å²) >= 11 is 0. The third kappa shape index (κ3) is 4.92. The summed E-state index contributed by atoms with van der Waals surface area (Å²) in [7, 11) is 0. The zero-order chi connectivity index (χ0) is 13.8. The molecule has 1 aliphatic carbocycles. The number of alkyl carbamates (subject to hydrolysis) is 1. The summed E-state index contributed by atoms with van der Waals surface area (Å²) in [5.41, 5.74) is -0.581. The molecule has 0 aromatic heterocycles. The first kappa shape index (κ1) is 14.8. The van der Waals surface area contributed by atoms with Crippen LogP contribution in [0.25, 0.3) is 0 Å². The largest absolute Gasteiger partial charge is 0.444 e. The molecular formula is C13H22N2O3. The lowest BCUT2D eigenvalue weighted by molar-refractivity contribution is 0.0432. The molecule has 0 spiro atoms. The highest BCUT2D eigenvalue weighted by molar-refractivity contribution is 5.68. The van der Waals surface area contributed by atoms with Gasteiger partial charge in [0.2, 0.25) is 0 Å². The summed E-state index contributed by atoms with van der Waals surface area (Å²) < 4.78 is 5.13. The van der Waals surface area contributed by atoms with E-state index in [4.69, 9.17) is 10.00 Å². The van der Waals surface area contributed by atoms with Crippen molar-refractivity contribution >= 4 is 6.09 Å². The Balaban J connectivity index is 2.49. The molecule has 0 radical (unpaired) electrons. The molecule has 5 nitrogen and oxygen atoms in total. The number of rotatable bonds is 4. The lowest BCUT2D eigenvalue weighted by atomic mass is 9.80. The van der Waals surface area contributed by atoms with Crippen molar-refractivity contribution < 1.29 is 14.6 Å². The monoisotopic (exact) mass is 254 g/mol. The molecule has 2 N–H and O–H groups in total. The Labute approximate surface area is 108 Å². The molecule has 0 aromatic carbocycles. The Bertz CT molecular complexity index is 326. The molecule has 0 bridgehead atoms. The highest BCUT2D eigenvalue weighted by atomic mass is 16.6. The van der Waals surface area contributed by atoms with Crippen molar-refractivity contribution in [2.24, 2.45) is 5.92 Å². The van der Waals surface area contributed by atoms with Crippen molar-refractivity contribution in [1.82, 2.24) is 5.32 Å². The molecule has 1 aliphatic rings. The summed E-state index contributed by atoms with van der Waals surface area (Å²) in [5.74, 6) is 0.493. The number of nitrogens with one attached hydrogen (secondary N) is 1. The molecule has 0 aliphatic heterocycles. The van der Waals surface area contributed by atoms with Gasteiger partial charge in [-0.3, -0.25) is 0 Å². The molecule has 0 aromatic rings. The van der Waals surface area contributed by atoms with Crippen molar-refractivity contribution in [2.45, 2.75) is 64.2 Å². The van der Waals surface area contributed by atoms with Gasteiger partial charge in [0, 0.05) is 0 Å². The van der Waals surface area contributed by atoms with Crippen molar-refractivity contribution in [3.8, 4) is 6.07 Å². The number of amides is 1. The number of carbonyl (C=O) groups is 1. The van der Waals surface area contributed by atoms with E-state index in [1.54, 1.807) is 26.8 Å². The predicted molar refractivity (Wildman–Crippen MR) is 66.7 cm³/mol. The SMILES string of the molecule is CC(C)(C)OC(=O)N[C@H](CC1CCC1)[C@@H](O)C#N. The molecule has 0 unspecified atom stereocenters. The van der Waals surface area contributed by atoms with E-state index in [0.717, 1.165) is 12.8 Å². The normalized spacial score (nSPS) is 19.3. The Hall–Kier alpha value is -1.28. The lowest BCUT2D eigenvalue weighted by Gasteiger charge is -2.31. The van der Waals surface area contributed by atoms with Crippen molar-refractivity contribution in [2.75, 3.05) is 0 Å². The quantitative estimate of drug-likeness (QED) is 0.751. The Kier molecular flexibility index (Phi) is 4.97. The van der Waals surface area contributed by atoms with Crippen molar-refractivity contribution in [1.29, 1.82) is 5.26 Å². The Morgan fingerprint density at radius 1 is 1.56 bits per heavy atom. The third-order valence-electron chi connectivity index (χ3n) is 3.03. The first-order valence-electron chi connectivity index (χ1n) is 6.39. The van der Waals surface area contributed by atoms with E-state index in [1.807, 2.05) is 0 Å². The molecule has 1 amide bonds. The maximum Gasteiger partial charge on any atom is 0.407 e. The molecule has 1 rings (SSSR count). The maximum atomic E-state index is 11.6. The van der Waals surface area contributed by atoms with Gasteiger partial charge in [-0.05, 0) is 33.1 Å². The molecule has 102 valence electrons. The minimum absolute atomic E-state index is 0.493. The second-order valence-corrected chi connectivity index (χ2v) is 5.86.